The summed E-state index contributed by atoms with van der Waals surface area (Å²) in [7, 11) is 0. The van der Waals surface area contributed by atoms with E-state index in [-0.39, 0.29) is 17.7 Å². The lowest BCUT2D eigenvalue weighted by molar-refractivity contribution is -0.126. The minimum Gasteiger partial charge on any atom is -0.356 e. The molecule has 2 N–H and O–H groups in total. The number of piperidine rings is 1. The second kappa shape index (κ2) is 9.55. The van der Waals surface area contributed by atoms with Gasteiger partial charge in [-0.15, -0.1) is 0 Å². The van der Waals surface area contributed by atoms with Crippen LogP contribution in [0.15, 0.2) is 35.7 Å². The lowest BCUT2D eigenvalue weighted by Gasteiger charge is -2.32. The van der Waals surface area contributed by atoms with Crippen LogP contribution >= 0.6 is 11.8 Å². The molecule has 1 aromatic heterocycles. The fourth-order valence-corrected chi connectivity index (χ4v) is 3.99. The van der Waals surface area contributed by atoms with Crippen LogP contribution in [-0.4, -0.2) is 51.5 Å². The summed E-state index contributed by atoms with van der Waals surface area (Å²) >= 11 is 1.51. The molecular weight excluding hydrogens is 362 g/mol. The quantitative estimate of drug-likeness (QED) is 0.712. The second-order valence-corrected chi connectivity index (χ2v) is 7.58. The van der Waals surface area contributed by atoms with Gasteiger partial charge in [0.1, 0.15) is 6.33 Å². The van der Waals surface area contributed by atoms with Crippen molar-refractivity contribution in [3.05, 3.63) is 41.7 Å². The first-order valence-electron chi connectivity index (χ1n) is 9.32. The molecule has 27 heavy (non-hydrogen) atoms. The van der Waals surface area contributed by atoms with Crippen molar-refractivity contribution >= 4 is 23.6 Å². The fourth-order valence-electron chi connectivity index (χ4n) is 3.20. The van der Waals surface area contributed by atoms with Crippen molar-refractivity contribution in [2.24, 2.45) is 5.92 Å². The minimum atomic E-state index is -0.120. The molecule has 2 aromatic rings. The van der Waals surface area contributed by atoms with Gasteiger partial charge >= 0.3 is 0 Å². The SMILES string of the molecule is CCCNC(=O)C1CCCN(C(=O)c2ccccc2CSc2ncn[nH]2)C1. The van der Waals surface area contributed by atoms with E-state index < -0.39 is 0 Å². The average Bonchev–Trinajstić information content (AvgIpc) is 3.24. The number of carbonyl (C=O) groups excluding carboxylic acids is 2. The molecule has 3 rings (SSSR count). The van der Waals surface area contributed by atoms with E-state index in [1.165, 1.54) is 18.1 Å². The number of rotatable bonds is 7. The van der Waals surface area contributed by atoms with Gasteiger partial charge in [0.05, 0.1) is 5.92 Å². The normalized spacial score (nSPS) is 16.9. The summed E-state index contributed by atoms with van der Waals surface area (Å²) in [5.41, 5.74) is 1.65. The molecule has 0 bridgehead atoms. The number of aromatic amines is 1. The summed E-state index contributed by atoms with van der Waals surface area (Å²) in [6.45, 7) is 3.90. The topological polar surface area (TPSA) is 91.0 Å². The molecule has 1 aliphatic heterocycles. The van der Waals surface area contributed by atoms with Gasteiger partial charge < -0.3 is 10.2 Å². The maximum Gasteiger partial charge on any atom is 0.254 e. The number of aromatic nitrogens is 3. The van der Waals surface area contributed by atoms with Gasteiger partial charge in [0, 0.05) is 31.0 Å². The number of hydrogen-bond acceptors (Lipinski definition) is 5. The van der Waals surface area contributed by atoms with Crippen LogP contribution in [-0.2, 0) is 10.5 Å². The predicted octanol–water partition coefficient (Wildman–Crippen LogP) is 2.48. The Labute approximate surface area is 163 Å². The molecule has 2 heterocycles. The molecule has 1 saturated heterocycles. The second-order valence-electron chi connectivity index (χ2n) is 6.62. The van der Waals surface area contributed by atoms with Crippen molar-refractivity contribution in [1.82, 2.24) is 25.4 Å². The van der Waals surface area contributed by atoms with E-state index in [0.717, 1.165) is 30.0 Å². The number of amides is 2. The number of hydrogen-bond donors (Lipinski definition) is 2. The largest absolute Gasteiger partial charge is 0.356 e. The highest BCUT2D eigenvalue weighted by Gasteiger charge is 2.29. The lowest BCUT2D eigenvalue weighted by atomic mass is 9.96. The number of carbonyl (C=O) groups is 2. The van der Waals surface area contributed by atoms with Gasteiger partial charge in [-0.25, -0.2) is 4.98 Å². The number of nitrogens with one attached hydrogen (secondary N) is 2. The number of likely N-dealkylation sites (tertiary alicyclic amines) is 1. The van der Waals surface area contributed by atoms with Crippen molar-refractivity contribution in [1.29, 1.82) is 0 Å². The molecule has 1 aromatic carbocycles. The third kappa shape index (κ3) is 5.09. The zero-order valence-electron chi connectivity index (χ0n) is 15.5. The van der Waals surface area contributed by atoms with E-state index in [1.807, 2.05) is 36.1 Å². The van der Waals surface area contributed by atoms with E-state index in [9.17, 15) is 9.59 Å². The maximum atomic E-state index is 13.1. The first-order chi connectivity index (χ1) is 13.2. The van der Waals surface area contributed by atoms with Crippen LogP contribution in [0.25, 0.3) is 0 Å². The number of H-pyrrole nitrogens is 1. The molecule has 0 radical (unpaired) electrons. The first-order valence-corrected chi connectivity index (χ1v) is 10.3. The Bertz CT molecular complexity index is 765. The average molecular weight is 388 g/mol. The smallest absolute Gasteiger partial charge is 0.254 e. The summed E-state index contributed by atoms with van der Waals surface area (Å²) in [5, 5.41) is 10.3. The third-order valence-corrected chi connectivity index (χ3v) is 5.56. The lowest BCUT2D eigenvalue weighted by Crippen LogP contribution is -2.45. The summed E-state index contributed by atoms with van der Waals surface area (Å²) in [6.07, 6.45) is 4.07. The molecule has 0 spiro atoms. The van der Waals surface area contributed by atoms with Crippen molar-refractivity contribution in [3.63, 3.8) is 0 Å². The van der Waals surface area contributed by atoms with Crippen LogP contribution in [0.5, 0.6) is 0 Å². The monoisotopic (exact) mass is 387 g/mol. The van der Waals surface area contributed by atoms with Crippen LogP contribution in [0, 0.1) is 5.92 Å². The van der Waals surface area contributed by atoms with Crippen molar-refractivity contribution < 1.29 is 9.59 Å². The Hall–Kier alpha value is -2.35. The summed E-state index contributed by atoms with van der Waals surface area (Å²) in [4.78, 5) is 31.3. The number of nitrogens with zero attached hydrogens (tertiary/aromatic N) is 3. The Morgan fingerprint density at radius 3 is 3.00 bits per heavy atom. The molecule has 1 fully saturated rings. The molecule has 0 saturated carbocycles. The predicted molar refractivity (Wildman–Crippen MR) is 104 cm³/mol. The Morgan fingerprint density at radius 2 is 2.22 bits per heavy atom. The molecule has 1 atom stereocenters. The van der Waals surface area contributed by atoms with Gasteiger partial charge in [0.15, 0.2) is 5.16 Å². The molecule has 8 heteroatoms. The van der Waals surface area contributed by atoms with Crippen molar-refractivity contribution in [2.45, 2.75) is 37.1 Å². The van der Waals surface area contributed by atoms with E-state index >= 15 is 0 Å². The molecule has 0 aliphatic carbocycles. The van der Waals surface area contributed by atoms with Crippen LogP contribution in [0.3, 0.4) is 0 Å². The highest BCUT2D eigenvalue weighted by Crippen LogP contribution is 2.24. The van der Waals surface area contributed by atoms with Gasteiger partial charge in [0.25, 0.3) is 5.91 Å². The first kappa shape index (κ1) is 19.4. The van der Waals surface area contributed by atoms with Crippen LogP contribution in [0.2, 0.25) is 0 Å². The highest BCUT2D eigenvalue weighted by molar-refractivity contribution is 7.98. The Kier molecular flexibility index (Phi) is 6.86. The van der Waals surface area contributed by atoms with E-state index in [0.29, 0.717) is 31.0 Å². The zero-order chi connectivity index (χ0) is 19.1. The molecule has 1 aliphatic rings. The van der Waals surface area contributed by atoms with Gasteiger partial charge in [0.2, 0.25) is 5.91 Å². The van der Waals surface area contributed by atoms with E-state index in [2.05, 4.69) is 20.5 Å². The van der Waals surface area contributed by atoms with E-state index in [1.54, 1.807) is 0 Å². The molecular formula is C19H25N5O2S. The molecule has 144 valence electrons. The maximum absolute atomic E-state index is 13.1. The van der Waals surface area contributed by atoms with Gasteiger partial charge in [-0.2, -0.15) is 5.10 Å². The van der Waals surface area contributed by atoms with Crippen molar-refractivity contribution in [3.8, 4) is 0 Å². The van der Waals surface area contributed by atoms with Crippen LogP contribution < -0.4 is 5.32 Å². The van der Waals surface area contributed by atoms with Crippen LogP contribution in [0.1, 0.15) is 42.1 Å². The van der Waals surface area contributed by atoms with Gasteiger partial charge in [-0.1, -0.05) is 36.9 Å². The Morgan fingerprint density at radius 1 is 1.37 bits per heavy atom. The summed E-state index contributed by atoms with van der Waals surface area (Å²) < 4.78 is 0. The fraction of sp³-hybridized carbons (Fsp3) is 0.474. The Balaban J connectivity index is 1.67. The standard InChI is InChI=1S/C19H25N5O2S/c1-2-9-20-17(25)14-7-5-10-24(11-14)18(26)16-8-4-3-6-15(16)12-27-19-21-13-22-23-19/h3-4,6,8,13-14H,2,5,7,9-12H2,1H3,(H,20,25)(H,21,22,23). The third-order valence-electron chi connectivity index (χ3n) is 4.63. The van der Waals surface area contributed by atoms with Crippen LogP contribution in [0.4, 0.5) is 0 Å². The minimum absolute atomic E-state index is 0.00300. The van der Waals surface area contributed by atoms with Gasteiger partial charge in [-0.3, -0.25) is 14.7 Å². The molecule has 7 nitrogen and oxygen atoms in total. The highest BCUT2D eigenvalue weighted by atomic mass is 32.2. The molecule has 1 unspecified atom stereocenters. The molecule has 2 amide bonds. The number of thioether (sulfide) groups is 1. The zero-order valence-corrected chi connectivity index (χ0v) is 16.3. The van der Waals surface area contributed by atoms with Gasteiger partial charge in [-0.05, 0) is 30.9 Å². The van der Waals surface area contributed by atoms with Crippen molar-refractivity contribution in [2.75, 3.05) is 19.6 Å². The number of benzene rings is 1. The summed E-state index contributed by atoms with van der Waals surface area (Å²) in [6, 6.07) is 7.64. The summed E-state index contributed by atoms with van der Waals surface area (Å²) in [5.74, 6) is 0.566. The van der Waals surface area contributed by atoms with E-state index in [4.69, 9.17) is 0 Å².